The van der Waals surface area contributed by atoms with Gasteiger partial charge >= 0.3 is 5.69 Å². The Morgan fingerprint density at radius 1 is 1.33 bits per heavy atom. The van der Waals surface area contributed by atoms with Crippen molar-refractivity contribution in [2.75, 3.05) is 13.1 Å². The first-order valence-electron chi connectivity index (χ1n) is 6.52. The Balaban J connectivity index is 0.000000807. The summed E-state index contributed by atoms with van der Waals surface area (Å²) in [6.07, 6.45) is 3.58. The first-order chi connectivity index (χ1) is 9.25. The number of nitrogens with zero attached hydrogens (tertiary/aromatic N) is 2. The van der Waals surface area contributed by atoms with Crippen LogP contribution in [0.2, 0.25) is 0 Å². The standard InChI is InChI=1S/C13H15N5O.2ClH/c1-7-4-14-6-10(7)18-11-8-2-3-15-12(8)16-5-9(11)17-13(18)19;;/h2-3,5,7,10,14H,4,6H2,1H3,(H,15,16)(H,17,19);2*1H/t7-,10-;;/m0../s1. The van der Waals surface area contributed by atoms with Crippen molar-refractivity contribution in [3.05, 3.63) is 28.9 Å². The third-order valence-corrected chi connectivity index (χ3v) is 4.07. The molecule has 21 heavy (non-hydrogen) atoms. The van der Waals surface area contributed by atoms with Crippen LogP contribution in [0.15, 0.2) is 23.3 Å². The molecule has 6 nitrogen and oxygen atoms in total. The molecule has 3 aromatic heterocycles. The van der Waals surface area contributed by atoms with Crippen molar-refractivity contribution < 1.29 is 0 Å². The Bertz CT molecular complexity index is 821. The van der Waals surface area contributed by atoms with Gasteiger partial charge in [-0.05, 0) is 18.5 Å². The molecule has 1 aliphatic rings. The second-order valence-electron chi connectivity index (χ2n) is 5.26. The number of pyridine rings is 1. The highest BCUT2D eigenvalue weighted by molar-refractivity contribution is 6.00. The number of H-pyrrole nitrogens is 2. The maximum atomic E-state index is 12.3. The molecule has 1 aliphatic heterocycles. The van der Waals surface area contributed by atoms with Crippen LogP contribution in [0.4, 0.5) is 0 Å². The van der Waals surface area contributed by atoms with Gasteiger partial charge in [-0.3, -0.25) is 4.57 Å². The third-order valence-electron chi connectivity index (χ3n) is 4.07. The minimum Gasteiger partial charge on any atom is -0.346 e. The first kappa shape index (κ1) is 15.9. The van der Waals surface area contributed by atoms with Gasteiger partial charge in [-0.25, -0.2) is 9.78 Å². The van der Waals surface area contributed by atoms with Crippen LogP contribution in [0.5, 0.6) is 0 Å². The van der Waals surface area contributed by atoms with Gasteiger partial charge in [-0.2, -0.15) is 0 Å². The van der Waals surface area contributed by atoms with E-state index in [1.807, 2.05) is 16.8 Å². The quantitative estimate of drug-likeness (QED) is 0.637. The zero-order valence-corrected chi connectivity index (χ0v) is 13.1. The van der Waals surface area contributed by atoms with E-state index < -0.39 is 0 Å². The Kier molecular flexibility index (Phi) is 4.32. The average molecular weight is 330 g/mol. The van der Waals surface area contributed by atoms with Crippen LogP contribution in [0.25, 0.3) is 22.1 Å². The van der Waals surface area contributed by atoms with E-state index in [1.165, 1.54) is 0 Å². The van der Waals surface area contributed by atoms with Crippen LogP contribution in [0, 0.1) is 5.92 Å². The Hall–Kier alpha value is -1.50. The molecule has 3 N–H and O–H groups in total. The van der Waals surface area contributed by atoms with Crippen molar-refractivity contribution in [1.29, 1.82) is 0 Å². The molecule has 0 aromatic carbocycles. The Morgan fingerprint density at radius 2 is 2.14 bits per heavy atom. The fourth-order valence-corrected chi connectivity index (χ4v) is 3.08. The number of aromatic nitrogens is 4. The number of rotatable bonds is 1. The first-order valence-corrected chi connectivity index (χ1v) is 6.52. The molecule has 4 rings (SSSR count). The summed E-state index contributed by atoms with van der Waals surface area (Å²) < 4.78 is 1.89. The second-order valence-corrected chi connectivity index (χ2v) is 5.26. The van der Waals surface area contributed by atoms with E-state index in [-0.39, 0.29) is 36.5 Å². The van der Waals surface area contributed by atoms with Crippen LogP contribution in [-0.4, -0.2) is 32.6 Å². The lowest BCUT2D eigenvalue weighted by atomic mass is 10.1. The molecule has 0 radical (unpaired) electrons. The molecule has 8 heteroatoms. The van der Waals surface area contributed by atoms with Crippen LogP contribution in [0.3, 0.4) is 0 Å². The van der Waals surface area contributed by atoms with E-state index in [9.17, 15) is 4.79 Å². The van der Waals surface area contributed by atoms with Crippen LogP contribution in [-0.2, 0) is 0 Å². The van der Waals surface area contributed by atoms with Gasteiger partial charge in [0, 0.05) is 18.1 Å². The van der Waals surface area contributed by atoms with Crippen LogP contribution in [0.1, 0.15) is 13.0 Å². The lowest BCUT2D eigenvalue weighted by Gasteiger charge is -2.16. The highest BCUT2D eigenvalue weighted by Crippen LogP contribution is 2.27. The molecule has 1 fully saturated rings. The van der Waals surface area contributed by atoms with E-state index in [0.717, 1.165) is 35.2 Å². The molecule has 4 heterocycles. The topological polar surface area (TPSA) is 78.5 Å². The minimum absolute atomic E-state index is 0. The zero-order valence-electron chi connectivity index (χ0n) is 11.4. The van der Waals surface area contributed by atoms with Crippen LogP contribution < -0.4 is 11.0 Å². The fraction of sp³-hybridized carbons (Fsp3) is 0.385. The summed E-state index contributed by atoms with van der Waals surface area (Å²) in [4.78, 5) is 22.6. The molecule has 0 unspecified atom stereocenters. The number of imidazole rings is 1. The molecule has 114 valence electrons. The molecule has 1 saturated heterocycles. The molecular formula is C13H17Cl2N5O. The van der Waals surface area contributed by atoms with Crippen molar-refractivity contribution in [3.8, 4) is 0 Å². The zero-order chi connectivity index (χ0) is 13.0. The normalized spacial score (nSPS) is 21.4. The van der Waals surface area contributed by atoms with E-state index in [0.29, 0.717) is 5.92 Å². The predicted octanol–water partition coefficient (Wildman–Crippen LogP) is 1.83. The summed E-state index contributed by atoms with van der Waals surface area (Å²) in [7, 11) is 0. The maximum Gasteiger partial charge on any atom is 0.326 e. The maximum absolute atomic E-state index is 12.3. The second kappa shape index (κ2) is 5.71. The largest absolute Gasteiger partial charge is 0.346 e. The summed E-state index contributed by atoms with van der Waals surface area (Å²) in [5, 5.41) is 4.34. The highest BCUT2D eigenvalue weighted by atomic mass is 35.5. The summed E-state index contributed by atoms with van der Waals surface area (Å²) in [5.41, 5.74) is 2.53. The summed E-state index contributed by atoms with van der Waals surface area (Å²) in [6.45, 7) is 3.96. The molecule has 3 aromatic rings. The van der Waals surface area contributed by atoms with E-state index >= 15 is 0 Å². The molecule has 0 amide bonds. The van der Waals surface area contributed by atoms with Gasteiger partial charge < -0.3 is 15.3 Å². The molecule has 0 aliphatic carbocycles. The van der Waals surface area contributed by atoms with Gasteiger partial charge in [0.25, 0.3) is 0 Å². The van der Waals surface area contributed by atoms with Gasteiger partial charge in [0.2, 0.25) is 0 Å². The van der Waals surface area contributed by atoms with Gasteiger partial charge in [0.1, 0.15) is 5.65 Å². The molecule has 0 saturated carbocycles. The van der Waals surface area contributed by atoms with E-state index in [2.05, 4.69) is 27.2 Å². The average Bonchev–Trinajstić information content (AvgIpc) is 3.05. The van der Waals surface area contributed by atoms with Gasteiger partial charge in [-0.15, -0.1) is 24.8 Å². The van der Waals surface area contributed by atoms with Crippen molar-refractivity contribution in [2.45, 2.75) is 13.0 Å². The number of hydrogen-bond donors (Lipinski definition) is 3. The smallest absolute Gasteiger partial charge is 0.326 e. The molecule has 0 bridgehead atoms. The van der Waals surface area contributed by atoms with Crippen molar-refractivity contribution in [3.63, 3.8) is 0 Å². The highest BCUT2D eigenvalue weighted by Gasteiger charge is 2.28. The van der Waals surface area contributed by atoms with Gasteiger partial charge in [-0.1, -0.05) is 6.92 Å². The third kappa shape index (κ3) is 2.23. The van der Waals surface area contributed by atoms with Gasteiger partial charge in [0.15, 0.2) is 0 Å². The molecule has 0 spiro atoms. The summed E-state index contributed by atoms with van der Waals surface area (Å²) in [5.74, 6) is 0.443. The molecule has 2 atom stereocenters. The predicted molar refractivity (Wildman–Crippen MR) is 87.8 cm³/mol. The number of aromatic amines is 2. The Morgan fingerprint density at radius 3 is 2.86 bits per heavy atom. The number of nitrogens with one attached hydrogen (secondary N) is 3. The van der Waals surface area contributed by atoms with E-state index in [4.69, 9.17) is 0 Å². The van der Waals surface area contributed by atoms with Crippen molar-refractivity contribution in [2.24, 2.45) is 5.92 Å². The lowest BCUT2D eigenvalue weighted by Crippen LogP contribution is -2.26. The fourth-order valence-electron chi connectivity index (χ4n) is 3.08. The van der Waals surface area contributed by atoms with Crippen molar-refractivity contribution in [1.82, 2.24) is 24.8 Å². The van der Waals surface area contributed by atoms with Crippen molar-refractivity contribution >= 4 is 46.9 Å². The number of halogens is 2. The minimum atomic E-state index is -0.0500. The Labute approximate surface area is 133 Å². The van der Waals surface area contributed by atoms with E-state index in [1.54, 1.807) is 6.20 Å². The summed E-state index contributed by atoms with van der Waals surface area (Å²) in [6, 6.07) is 2.17. The lowest BCUT2D eigenvalue weighted by molar-refractivity contribution is 0.438. The number of hydrogen-bond acceptors (Lipinski definition) is 3. The monoisotopic (exact) mass is 329 g/mol. The molecular weight excluding hydrogens is 313 g/mol. The summed E-state index contributed by atoms with van der Waals surface area (Å²) >= 11 is 0. The number of fused-ring (bicyclic) bond motifs is 3. The SMILES string of the molecule is C[C@H]1CNC[C@@H]1n1c(=O)[nH]c2cnc3[nH]ccc3c21.Cl.Cl. The van der Waals surface area contributed by atoms with Crippen LogP contribution >= 0.6 is 24.8 Å². The van der Waals surface area contributed by atoms with Gasteiger partial charge in [0.05, 0.1) is 23.3 Å².